The van der Waals surface area contributed by atoms with Gasteiger partial charge in [0, 0.05) is 30.9 Å². The Balaban J connectivity index is 1.43. The molecule has 0 saturated carbocycles. The molecule has 1 aromatic carbocycles. The molecule has 172 valence electrons. The summed E-state index contributed by atoms with van der Waals surface area (Å²) in [6, 6.07) is 13.3. The van der Waals surface area contributed by atoms with Gasteiger partial charge in [-0.3, -0.25) is 4.79 Å². The van der Waals surface area contributed by atoms with Gasteiger partial charge in [-0.05, 0) is 44.0 Å². The van der Waals surface area contributed by atoms with Gasteiger partial charge in [-0.25, -0.2) is 19.6 Å². The molecular weight excluding hydrogens is 430 g/mol. The molecule has 0 radical (unpaired) electrons. The molecule has 0 bridgehead atoms. The molecule has 1 aliphatic heterocycles. The van der Waals surface area contributed by atoms with E-state index in [0.29, 0.717) is 41.5 Å². The first-order valence-electron chi connectivity index (χ1n) is 11.2. The lowest BCUT2D eigenvalue weighted by atomic mass is 10.1. The second kappa shape index (κ2) is 9.30. The maximum atomic E-state index is 12.2. The van der Waals surface area contributed by atoms with Crippen LogP contribution in [0.3, 0.4) is 0 Å². The fraction of sp³-hybridized carbons (Fsp3) is 0.240. The van der Waals surface area contributed by atoms with Gasteiger partial charge >= 0.3 is 0 Å². The molecule has 0 spiro atoms. The molecule has 5 rings (SSSR count). The number of carbonyl (C=O) groups excluding carboxylic acids is 1. The van der Waals surface area contributed by atoms with Crippen molar-refractivity contribution >= 4 is 22.8 Å². The Labute approximate surface area is 196 Å². The van der Waals surface area contributed by atoms with Crippen LogP contribution < -0.4 is 10.5 Å². The van der Waals surface area contributed by atoms with Crippen LogP contribution in [0.15, 0.2) is 67.1 Å². The van der Waals surface area contributed by atoms with Crippen LogP contribution in [0.2, 0.25) is 0 Å². The lowest BCUT2D eigenvalue weighted by Crippen LogP contribution is -2.38. The number of rotatable bonds is 5. The Morgan fingerprint density at radius 1 is 1.09 bits per heavy atom. The van der Waals surface area contributed by atoms with Crippen LogP contribution in [-0.4, -0.2) is 48.6 Å². The molecule has 1 aliphatic rings. The van der Waals surface area contributed by atoms with Crippen molar-refractivity contribution in [3.63, 3.8) is 0 Å². The third-order valence-corrected chi connectivity index (χ3v) is 5.92. The van der Waals surface area contributed by atoms with Crippen LogP contribution in [0.4, 0.5) is 5.82 Å². The van der Waals surface area contributed by atoms with Crippen LogP contribution in [0.5, 0.6) is 11.6 Å². The van der Waals surface area contributed by atoms with Crippen molar-refractivity contribution in [2.45, 2.75) is 25.8 Å². The summed E-state index contributed by atoms with van der Waals surface area (Å²) in [5.41, 5.74) is 8.42. The number of hydrogen-bond acceptors (Lipinski definition) is 7. The monoisotopic (exact) mass is 455 g/mol. The standard InChI is InChI=1S/C25H25N7O2/c1-2-6-21(33)31-13-11-18(12-14-31)32-25-22(24(26)28-16-29-25)23(30-32)17-9-10-20(27-15-17)34-19-7-4-3-5-8-19/h2-10,15-16,18H,11-14H2,1H3,(H2,26,28,29). The largest absolute Gasteiger partial charge is 0.439 e. The van der Waals surface area contributed by atoms with Crippen molar-refractivity contribution in [3.8, 4) is 22.9 Å². The van der Waals surface area contributed by atoms with Crippen molar-refractivity contribution < 1.29 is 9.53 Å². The number of hydrogen-bond donors (Lipinski definition) is 1. The molecular formula is C25H25N7O2. The van der Waals surface area contributed by atoms with E-state index in [-0.39, 0.29) is 11.9 Å². The number of aromatic nitrogens is 5. The van der Waals surface area contributed by atoms with Gasteiger partial charge in [0.1, 0.15) is 23.6 Å². The van der Waals surface area contributed by atoms with Gasteiger partial charge in [-0.15, -0.1) is 0 Å². The number of pyridine rings is 1. The Morgan fingerprint density at radius 3 is 2.59 bits per heavy atom. The van der Waals surface area contributed by atoms with E-state index < -0.39 is 0 Å². The third kappa shape index (κ3) is 4.19. The van der Waals surface area contributed by atoms with Crippen molar-refractivity contribution in [1.82, 2.24) is 29.6 Å². The lowest BCUT2D eigenvalue weighted by molar-refractivity contribution is -0.127. The summed E-state index contributed by atoms with van der Waals surface area (Å²) in [6.07, 6.45) is 8.12. The zero-order valence-electron chi connectivity index (χ0n) is 18.8. The van der Waals surface area contributed by atoms with Gasteiger partial charge in [0.25, 0.3) is 0 Å². The number of amides is 1. The summed E-state index contributed by atoms with van der Waals surface area (Å²) in [6.45, 7) is 3.18. The second-order valence-corrected chi connectivity index (χ2v) is 8.11. The highest BCUT2D eigenvalue weighted by Gasteiger charge is 2.27. The Bertz CT molecular complexity index is 1320. The van der Waals surface area contributed by atoms with Crippen LogP contribution in [0.1, 0.15) is 25.8 Å². The van der Waals surface area contributed by atoms with Crippen LogP contribution in [-0.2, 0) is 4.79 Å². The van der Waals surface area contributed by atoms with Gasteiger partial charge in [0.2, 0.25) is 11.8 Å². The van der Waals surface area contributed by atoms with Crippen molar-refractivity contribution in [2.24, 2.45) is 0 Å². The van der Waals surface area contributed by atoms with Gasteiger partial charge in [0.15, 0.2) is 5.65 Å². The smallest absolute Gasteiger partial charge is 0.246 e. The highest BCUT2D eigenvalue weighted by molar-refractivity contribution is 5.98. The summed E-state index contributed by atoms with van der Waals surface area (Å²) < 4.78 is 7.73. The number of nitrogen functional groups attached to an aromatic ring is 1. The van der Waals surface area contributed by atoms with Crippen molar-refractivity contribution in [1.29, 1.82) is 0 Å². The van der Waals surface area contributed by atoms with Gasteiger partial charge < -0.3 is 15.4 Å². The van der Waals surface area contributed by atoms with E-state index in [9.17, 15) is 4.79 Å². The van der Waals surface area contributed by atoms with E-state index in [1.807, 2.05) is 52.9 Å². The highest BCUT2D eigenvalue weighted by Crippen LogP contribution is 2.34. The molecule has 0 atom stereocenters. The number of benzene rings is 1. The number of carbonyl (C=O) groups is 1. The normalized spacial score (nSPS) is 14.7. The van der Waals surface area contributed by atoms with Crippen molar-refractivity contribution in [2.75, 3.05) is 18.8 Å². The third-order valence-electron chi connectivity index (χ3n) is 5.92. The minimum atomic E-state index is 0.0439. The average molecular weight is 456 g/mol. The molecule has 9 heteroatoms. The quantitative estimate of drug-likeness (QED) is 0.453. The number of piperidine rings is 1. The Kier molecular flexibility index (Phi) is 5.90. The number of anilines is 1. The summed E-state index contributed by atoms with van der Waals surface area (Å²) in [5.74, 6) is 1.62. The van der Waals surface area contributed by atoms with Crippen LogP contribution >= 0.6 is 0 Å². The zero-order chi connectivity index (χ0) is 23.5. The van der Waals surface area contributed by atoms with E-state index in [1.165, 1.54) is 6.33 Å². The fourth-order valence-corrected chi connectivity index (χ4v) is 4.22. The molecule has 1 saturated heterocycles. The predicted octanol–water partition coefficient (Wildman–Crippen LogP) is 4.00. The molecule has 1 fully saturated rings. The van der Waals surface area contributed by atoms with Crippen LogP contribution in [0.25, 0.3) is 22.3 Å². The van der Waals surface area contributed by atoms with Crippen molar-refractivity contribution in [3.05, 3.63) is 67.1 Å². The average Bonchev–Trinajstić information content (AvgIpc) is 3.26. The van der Waals surface area contributed by atoms with E-state index >= 15 is 0 Å². The van der Waals surface area contributed by atoms with Gasteiger partial charge in [-0.2, -0.15) is 5.10 Å². The molecule has 3 aromatic heterocycles. The molecule has 4 aromatic rings. The highest BCUT2D eigenvalue weighted by atomic mass is 16.5. The van der Waals surface area contributed by atoms with E-state index in [1.54, 1.807) is 24.4 Å². The van der Waals surface area contributed by atoms with E-state index in [4.69, 9.17) is 15.6 Å². The van der Waals surface area contributed by atoms with Gasteiger partial charge in [0.05, 0.1) is 11.4 Å². The van der Waals surface area contributed by atoms with E-state index in [0.717, 1.165) is 24.2 Å². The zero-order valence-corrected chi connectivity index (χ0v) is 18.8. The Hall–Kier alpha value is -4.27. The van der Waals surface area contributed by atoms with Gasteiger partial charge in [-0.1, -0.05) is 24.3 Å². The maximum absolute atomic E-state index is 12.2. The fourth-order valence-electron chi connectivity index (χ4n) is 4.22. The summed E-state index contributed by atoms with van der Waals surface area (Å²) >= 11 is 0. The molecule has 4 heterocycles. The predicted molar refractivity (Wildman–Crippen MR) is 129 cm³/mol. The number of ether oxygens (including phenoxy) is 1. The number of nitrogens with two attached hydrogens (primary N) is 1. The molecule has 0 unspecified atom stereocenters. The first-order valence-corrected chi connectivity index (χ1v) is 11.2. The molecule has 0 aliphatic carbocycles. The minimum Gasteiger partial charge on any atom is -0.439 e. The summed E-state index contributed by atoms with van der Waals surface area (Å²) in [4.78, 5) is 27.2. The first kappa shape index (κ1) is 21.6. The first-order chi connectivity index (χ1) is 16.6. The summed E-state index contributed by atoms with van der Waals surface area (Å²) in [5, 5.41) is 5.60. The number of likely N-dealkylation sites (tertiary alicyclic amines) is 1. The second-order valence-electron chi connectivity index (χ2n) is 8.11. The molecule has 9 nitrogen and oxygen atoms in total. The number of allylic oxidation sites excluding steroid dienone is 1. The summed E-state index contributed by atoms with van der Waals surface area (Å²) in [7, 11) is 0. The molecule has 34 heavy (non-hydrogen) atoms. The topological polar surface area (TPSA) is 112 Å². The Morgan fingerprint density at radius 2 is 1.88 bits per heavy atom. The number of nitrogens with zero attached hydrogens (tertiary/aromatic N) is 6. The SMILES string of the molecule is CC=CC(=O)N1CCC(n2nc(-c3ccc(Oc4ccccc4)nc3)c3c(N)ncnc32)CC1. The van der Waals surface area contributed by atoms with Crippen LogP contribution in [0, 0.1) is 0 Å². The number of fused-ring (bicyclic) bond motifs is 1. The number of para-hydroxylation sites is 1. The molecule has 2 N–H and O–H groups in total. The maximum Gasteiger partial charge on any atom is 0.246 e. The minimum absolute atomic E-state index is 0.0439. The lowest BCUT2D eigenvalue weighted by Gasteiger charge is -2.31. The van der Waals surface area contributed by atoms with E-state index in [2.05, 4.69) is 15.0 Å². The molecule has 1 amide bonds.